The molecule has 0 radical (unpaired) electrons. The molecule has 0 fully saturated rings. The first-order valence-electron chi connectivity index (χ1n) is 6.72. The number of rotatable bonds is 6. The molecule has 0 aliphatic rings. The number of likely N-dealkylation sites (N-methyl/N-ethyl adjacent to an activating group) is 1. The number of nitrogens with one attached hydrogen (secondary N) is 1. The fraction of sp³-hybridized carbons (Fsp3) is 0.500. The van der Waals surface area contributed by atoms with Gasteiger partial charge < -0.3 is 5.32 Å². The van der Waals surface area contributed by atoms with Crippen LogP contribution in [0.4, 0.5) is 0 Å². The van der Waals surface area contributed by atoms with Gasteiger partial charge in [0.25, 0.3) is 0 Å². The summed E-state index contributed by atoms with van der Waals surface area (Å²) in [6.45, 7) is 4.35. The molecule has 19 heavy (non-hydrogen) atoms. The van der Waals surface area contributed by atoms with Crippen molar-refractivity contribution in [3.8, 4) is 0 Å². The molecule has 1 N–H and O–H groups in total. The minimum absolute atomic E-state index is 0.218. The summed E-state index contributed by atoms with van der Waals surface area (Å²) >= 11 is 0. The third kappa shape index (κ3) is 3.38. The van der Waals surface area contributed by atoms with Crippen LogP contribution in [0.15, 0.2) is 30.7 Å². The first-order chi connectivity index (χ1) is 9.24. The molecule has 2 heterocycles. The molecule has 0 aliphatic heterocycles. The van der Waals surface area contributed by atoms with Crippen molar-refractivity contribution in [2.75, 3.05) is 7.05 Å². The van der Waals surface area contributed by atoms with E-state index in [-0.39, 0.29) is 6.04 Å². The number of nitrogens with zero attached hydrogens (tertiary/aromatic N) is 4. The lowest BCUT2D eigenvalue weighted by atomic mass is 10.1. The standard InChI is InChI=1S/C14H21N5/c1-4-11(2)19-8-6-13(18-19)9-14(15-3)12-5-7-16-17-10-12/h5-8,10-11,14-15H,4,9H2,1-3H3. The van der Waals surface area contributed by atoms with Crippen molar-refractivity contribution < 1.29 is 0 Å². The summed E-state index contributed by atoms with van der Waals surface area (Å²) in [5.74, 6) is 0. The Morgan fingerprint density at radius 1 is 1.32 bits per heavy atom. The van der Waals surface area contributed by atoms with E-state index >= 15 is 0 Å². The van der Waals surface area contributed by atoms with E-state index in [0.29, 0.717) is 6.04 Å². The zero-order chi connectivity index (χ0) is 13.7. The number of hydrogen-bond acceptors (Lipinski definition) is 4. The Balaban J connectivity index is 2.09. The van der Waals surface area contributed by atoms with E-state index in [0.717, 1.165) is 24.1 Å². The van der Waals surface area contributed by atoms with Crippen LogP contribution < -0.4 is 5.32 Å². The van der Waals surface area contributed by atoms with Gasteiger partial charge in [-0.2, -0.15) is 15.3 Å². The Bertz CT molecular complexity index is 494. The average molecular weight is 259 g/mol. The van der Waals surface area contributed by atoms with Gasteiger partial charge in [-0.15, -0.1) is 0 Å². The Labute approximate surface area is 114 Å². The fourth-order valence-electron chi connectivity index (χ4n) is 2.02. The first kappa shape index (κ1) is 13.7. The second-order valence-electron chi connectivity index (χ2n) is 4.77. The van der Waals surface area contributed by atoms with Crippen molar-refractivity contribution in [3.63, 3.8) is 0 Å². The van der Waals surface area contributed by atoms with Crippen molar-refractivity contribution in [2.45, 2.75) is 38.8 Å². The highest BCUT2D eigenvalue weighted by Gasteiger charge is 2.13. The summed E-state index contributed by atoms with van der Waals surface area (Å²) in [4.78, 5) is 0. The summed E-state index contributed by atoms with van der Waals surface area (Å²) in [5, 5.41) is 15.7. The highest BCUT2D eigenvalue weighted by Crippen LogP contribution is 2.17. The summed E-state index contributed by atoms with van der Waals surface area (Å²) in [6, 6.07) is 4.74. The summed E-state index contributed by atoms with van der Waals surface area (Å²) in [5.41, 5.74) is 2.23. The summed E-state index contributed by atoms with van der Waals surface area (Å²) < 4.78 is 2.03. The highest BCUT2D eigenvalue weighted by atomic mass is 15.3. The third-order valence-corrected chi connectivity index (χ3v) is 3.48. The van der Waals surface area contributed by atoms with Crippen LogP contribution in [-0.4, -0.2) is 27.0 Å². The molecule has 5 heteroatoms. The van der Waals surface area contributed by atoms with E-state index < -0.39 is 0 Å². The Morgan fingerprint density at radius 3 is 2.79 bits per heavy atom. The zero-order valence-electron chi connectivity index (χ0n) is 11.7. The van der Waals surface area contributed by atoms with Gasteiger partial charge in [0.2, 0.25) is 0 Å². The Hall–Kier alpha value is -1.75. The highest BCUT2D eigenvalue weighted by molar-refractivity contribution is 5.15. The summed E-state index contributed by atoms with van der Waals surface area (Å²) in [7, 11) is 1.96. The minimum atomic E-state index is 0.218. The van der Waals surface area contributed by atoms with Gasteiger partial charge in [0, 0.05) is 30.9 Å². The van der Waals surface area contributed by atoms with Crippen LogP contribution in [0, 0.1) is 0 Å². The van der Waals surface area contributed by atoms with Crippen LogP contribution in [0.25, 0.3) is 0 Å². The molecule has 2 unspecified atom stereocenters. The van der Waals surface area contributed by atoms with E-state index in [9.17, 15) is 0 Å². The first-order valence-corrected chi connectivity index (χ1v) is 6.72. The lowest BCUT2D eigenvalue weighted by molar-refractivity contribution is 0.469. The van der Waals surface area contributed by atoms with Crippen LogP contribution in [-0.2, 0) is 6.42 Å². The Kier molecular flexibility index (Phi) is 4.63. The second kappa shape index (κ2) is 6.43. The normalized spacial score (nSPS) is 14.3. The molecule has 0 aliphatic carbocycles. The van der Waals surface area contributed by atoms with Crippen LogP contribution in [0.1, 0.15) is 43.6 Å². The van der Waals surface area contributed by atoms with Crippen molar-refractivity contribution in [2.24, 2.45) is 0 Å². The van der Waals surface area contributed by atoms with Gasteiger partial charge in [-0.05, 0) is 38.1 Å². The maximum absolute atomic E-state index is 4.63. The number of hydrogen-bond donors (Lipinski definition) is 1. The monoisotopic (exact) mass is 259 g/mol. The van der Waals surface area contributed by atoms with Gasteiger partial charge in [0.15, 0.2) is 0 Å². The van der Waals surface area contributed by atoms with Crippen molar-refractivity contribution in [1.82, 2.24) is 25.3 Å². The van der Waals surface area contributed by atoms with E-state index in [1.807, 2.05) is 17.8 Å². The van der Waals surface area contributed by atoms with Crippen molar-refractivity contribution >= 4 is 0 Å². The molecule has 102 valence electrons. The van der Waals surface area contributed by atoms with Crippen molar-refractivity contribution in [1.29, 1.82) is 0 Å². The zero-order valence-corrected chi connectivity index (χ0v) is 11.7. The van der Waals surface area contributed by atoms with Crippen molar-refractivity contribution in [3.05, 3.63) is 42.0 Å². The van der Waals surface area contributed by atoms with Gasteiger partial charge in [-0.3, -0.25) is 4.68 Å². The quantitative estimate of drug-likeness (QED) is 0.863. The van der Waals surface area contributed by atoms with Crippen LogP contribution in [0.2, 0.25) is 0 Å². The molecule has 2 aromatic rings. The molecule has 2 rings (SSSR count). The second-order valence-corrected chi connectivity index (χ2v) is 4.77. The molecular formula is C14H21N5. The molecule has 0 saturated carbocycles. The molecule has 0 aromatic carbocycles. The van der Waals surface area contributed by atoms with Crippen LogP contribution in [0.3, 0.4) is 0 Å². The molecule has 0 bridgehead atoms. The summed E-state index contributed by atoms with van der Waals surface area (Å²) in [6.07, 6.45) is 7.52. The van der Waals surface area contributed by atoms with Crippen LogP contribution >= 0.6 is 0 Å². The van der Waals surface area contributed by atoms with Gasteiger partial charge in [-0.1, -0.05) is 6.92 Å². The molecule has 0 spiro atoms. The third-order valence-electron chi connectivity index (χ3n) is 3.48. The fourth-order valence-corrected chi connectivity index (χ4v) is 2.02. The van der Waals surface area contributed by atoms with Gasteiger partial charge in [0.05, 0.1) is 11.9 Å². The average Bonchev–Trinajstić information content (AvgIpc) is 2.93. The molecule has 0 amide bonds. The lowest BCUT2D eigenvalue weighted by Crippen LogP contribution is -2.19. The van der Waals surface area contributed by atoms with E-state index in [2.05, 4.69) is 46.7 Å². The van der Waals surface area contributed by atoms with Gasteiger partial charge in [-0.25, -0.2) is 0 Å². The predicted molar refractivity (Wildman–Crippen MR) is 74.8 cm³/mol. The van der Waals surface area contributed by atoms with E-state index in [1.165, 1.54) is 0 Å². The molecule has 0 saturated heterocycles. The minimum Gasteiger partial charge on any atom is -0.313 e. The lowest BCUT2D eigenvalue weighted by Gasteiger charge is -2.14. The SMILES string of the molecule is CCC(C)n1ccc(CC(NC)c2ccnnc2)n1. The van der Waals surface area contributed by atoms with E-state index in [1.54, 1.807) is 12.4 Å². The Morgan fingerprint density at radius 2 is 2.16 bits per heavy atom. The molecule has 5 nitrogen and oxygen atoms in total. The smallest absolute Gasteiger partial charge is 0.0643 e. The topological polar surface area (TPSA) is 55.6 Å². The molecular weight excluding hydrogens is 238 g/mol. The molecule has 2 aromatic heterocycles. The van der Waals surface area contributed by atoms with Gasteiger partial charge >= 0.3 is 0 Å². The predicted octanol–water partition coefficient (Wildman–Crippen LogP) is 2.15. The maximum Gasteiger partial charge on any atom is 0.0643 e. The van der Waals surface area contributed by atoms with Crippen LogP contribution in [0.5, 0.6) is 0 Å². The number of aromatic nitrogens is 4. The maximum atomic E-state index is 4.63. The largest absolute Gasteiger partial charge is 0.313 e. The van der Waals surface area contributed by atoms with Gasteiger partial charge in [0.1, 0.15) is 0 Å². The molecule has 2 atom stereocenters. The van der Waals surface area contributed by atoms with E-state index in [4.69, 9.17) is 0 Å².